The molecule has 5 nitrogen and oxygen atoms in total. The van der Waals surface area contributed by atoms with Gasteiger partial charge in [-0.25, -0.2) is 13.6 Å². The van der Waals surface area contributed by atoms with Crippen LogP contribution in [0.15, 0.2) is 17.9 Å². The van der Waals surface area contributed by atoms with Crippen molar-refractivity contribution in [1.82, 2.24) is 10.2 Å². The van der Waals surface area contributed by atoms with Crippen molar-refractivity contribution < 1.29 is 23.1 Å². The van der Waals surface area contributed by atoms with Crippen LogP contribution < -0.4 is 5.32 Å². The van der Waals surface area contributed by atoms with Gasteiger partial charge in [0.05, 0.1) is 11.1 Å². The molecular formula is C21H26F2N2O3. The number of amides is 2. The number of hydrogen-bond acceptors (Lipinski definition) is 3. The van der Waals surface area contributed by atoms with Crippen molar-refractivity contribution in [3.8, 4) is 0 Å². The van der Waals surface area contributed by atoms with Crippen LogP contribution in [0.2, 0.25) is 0 Å². The summed E-state index contributed by atoms with van der Waals surface area (Å²) in [4.78, 5) is 26.6. The fourth-order valence-corrected chi connectivity index (χ4v) is 4.20. The minimum Gasteiger partial charge on any atom is -0.411 e. The van der Waals surface area contributed by atoms with Crippen LogP contribution in [0.1, 0.15) is 47.9 Å². The topological polar surface area (TPSA) is 58.6 Å². The molecule has 1 heterocycles. The smallest absolute Gasteiger partial charge is 0.411 e. The predicted octanol–water partition coefficient (Wildman–Crippen LogP) is 4.10. The Balaban J connectivity index is 2.18. The molecule has 0 aromatic heterocycles. The first-order chi connectivity index (χ1) is 13.0. The first-order valence-electron chi connectivity index (χ1n) is 9.38. The number of hydrogen-bond donors (Lipinski definition) is 1. The lowest BCUT2D eigenvalue weighted by molar-refractivity contribution is -0.118. The molecule has 1 saturated carbocycles. The SMILES string of the molecule is Cc1cc(C)c(C2=C(OC(=O)N(C)C)C3(CCC(F)(F)CC3)NC2=O)c(C)c1. The molecule has 1 aliphatic heterocycles. The zero-order valence-corrected chi connectivity index (χ0v) is 16.9. The highest BCUT2D eigenvalue weighted by molar-refractivity contribution is 6.24. The molecule has 0 bridgehead atoms. The van der Waals surface area contributed by atoms with Crippen LogP contribution >= 0.6 is 0 Å². The molecule has 2 aliphatic rings. The number of carbonyl (C=O) groups excluding carboxylic acids is 2. The molecule has 28 heavy (non-hydrogen) atoms. The molecule has 3 rings (SSSR count). The van der Waals surface area contributed by atoms with Gasteiger partial charge in [-0.05, 0) is 50.3 Å². The average molecular weight is 392 g/mol. The molecule has 1 aromatic rings. The molecule has 1 N–H and O–H groups in total. The maximum Gasteiger partial charge on any atom is 0.414 e. The van der Waals surface area contributed by atoms with Gasteiger partial charge in [-0.1, -0.05) is 17.7 Å². The largest absolute Gasteiger partial charge is 0.414 e. The van der Waals surface area contributed by atoms with E-state index in [0.717, 1.165) is 16.7 Å². The van der Waals surface area contributed by atoms with Crippen LogP contribution in [0.4, 0.5) is 13.6 Å². The third kappa shape index (κ3) is 3.50. The Morgan fingerprint density at radius 3 is 2.11 bits per heavy atom. The number of ether oxygens (including phenoxy) is 1. The Hall–Kier alpha value is -2.44. The van der Waals surface area contributed by atoms with E-state index in [1.54, 1.807) is 0 Å². The van der Waals surface area contributed by atoms with E-state index in [2.05, 4.69) is 5.32 Å². The third-order valence-corrected chi connectivity index (χ3v) is 5.56. The van der Waals surface area contributed by atoms with E-state index in [9.17, 15) is 18.4 Å². The van der Waals surface area contributed by atoms with Crippen molar-refractivity contribution in [3.63, 3.8) is 0 Å². The number of aryl methyl sites for hydroxylation is 3. The summed E-state index contributed by atoms with van der Waals surface area (Å²) >= 11 is 0. The quantitative estimate of drug-likeness (QED) is 0.824. The van der Waals surface area contributed by atoms with Crippen LogP contribution in [0.3, 0.4) is 0 Å². The molecule has 2 amide bonds. The zero-order valence-electron chi connectivity index (χ0n) is 16.9. The maximum atomic E-state index is 13.8. The molecule has 1 aliphatic carbocycles. The monoisotopic (exact) mass is 392 g/mol. The van der Waals surface area contributed by atoms with Crippen LogP contribution in [-0.2, 0) is 9.53 Å². The molecule has 1 fully saturated rings. The van der Waals surface area contributed by atoms with Gasteiger partial charge in [0.1, 0.15) is 5.76 Å². The summed E-state index contributed by atoms with van der Waals surface area (Å²) in [7, 11) is 3.08. The van der Waals surface area contributed by atoms with E-state index in [1.807, 2.05) is 32.9 Å². The van der Waals surface area contributed by atoms with Gasteiger partial charge in [-0.3, -0.25) is 4.79 Å². The summed E-state index contributed by atoms with van der Waals surface area (Å²) in [5.74, 6) is -2.99. The maximum absolute atomic E-state index is 13.8. The van der Waals surface area contributed by atoms with Gasteiger partial charge >= 0.3 is 6.09 Å². The van der Waals surface area contributed by atoms with Crippen molar-refractivity contribution in [3.05, 3.63) is 40.1 Å². The van der Waals surface area contributed by atoms with E-state index in [-0.39, 0.29) is 42.9 Å². The summed E-state index contributed by atoms with van der Waals surface area (Å²) < 4.78 is 33.3. The van der Waals surface area contributed by atoms with Crippen LogP contribution in [0, 0.1) is 20.8 Å². The van der Waals surface area contributed by atoms with Gasteiger partial charge in [0, 0.05) is 26.9 Å². The van der Waals surface area contributed by atoms with Crippen molar-refractivity contribution in [1.29, 1.82) is 0 Å². The summed E-state index contributed by atoms with van der Waals surface area (Å²) in [6, 6.07) is 3.90. The highest BCUT2D eigenvalue weighted by atomic mass is 19.3. The summed E-state index contributed by atoms with van der Waals surface area (Å²) in [6.07, 6.45) is -1.32. The van der Waals surface area contributed by atoms with E-state index in [0.29, 0.717) is 5.56 Å². The first kappa shape index (κ1) is 20.3. The Bertz CT molecular complexity index is 841. The molecular weight excluding hydrogens is 366 g/mol. The lowest BCUT2D eigenvalue weighted by Crippen LogP contribution is -2.50. The van der Waals surface area contributed by atoms with Crippen LogP contribution in [0.5, 0.6) is 0 Å². The number of nitrogens with one attached hydrogen (secondary N) is 1. The number of carbonyl (C=O) groups is 2. The Labute approximate surface area is 163 Å². The van der Waals surface area contributed by atoms with E-state index < -0.39 is 17.6 Å². The van der Waals surface area contributed by atoms with Crippen LogP contribution in [-0.4, -0.2) is 42.5 Å². The summed E-state index contributed by atoms with van der Waals surface area (Å²) in [5.41, 5.74) is 2.69. The zero-order chi connectivity index (χ0) is 20.9. The van der Waals surface area contributed by atoms with E-state index >= 15 is 0 Å². The minimum absolute atomic E-state index is 0.0231. The normalized spacial score (nSPS) is 20.3. The number of halogens is 2. The fourth-order valence-electron chi connectivity index (χ4n) is 4.20. The van der Waals surface area contributed by atoms with Gasteiger partial charge in [0.2, 0.25) is 5.92 Å². The van der Waals surface area contributed by atoms with E-state index in [1.165, 1.54) is 19.0 Å². The van der Waals surface area contributed by atoms with Crippen molar-refractivity contribution in [2.24, 2.45) is 0 Å². The van der Waals surface area contributed by atoms with Gasteiger partial charge in [-0.15, -0.1) is 0 Å². The second-order valence-electron chi connectivity index (χ2n) is 8.13. The van der Waals surface area contributed by atoms with Gasteiger partial charge in [0.25, 0.3) is 5.91 Å². The minimum atomic E-state index is -2.77. The molecule has 152 valence electrons. The third-order valence-electron chi connectivity index (χ3n) is 5.56. The Kier molecular flexibility index (Phi) is 4.98. The molecule has 0 radical (unpaired) electrons. The second kappa shape index (κ2) is 6.87. The lowest BCUT2D eigenvalue weighted by Gasteiger charge is -2.38. The summed E-state index contributed by atoms with van der Waals surface area (Å²) in [5, 5.41) is 2.88. The van der Waals surface area contributed by atoms with Gasteiger partial charge in [-0.2, -0.15) is 0 Å². The van der Waals surface area contributed by atoms with Crippen molar-refractivity contribution in [2.75, 3.05) is 14.1 Å². The number of benzene rings is 1. The lowest BCUT2D eigenvalue weighted by atomic mass is 9.78. The highest BCUT2D eigenvalue weighted by Crippen LogP contribution is 2.48. The summed E-state index contributed by atoms with van der Waals surface area (Å²) in [6.45, 7) is 5.74. The highest BCUT2D eigenvalue weighted by Gasteiger charge is 2.53. The van der Waals surface area contributed by atoms with Gasteiger partial charge < -0.3 is 15.0 Å². The molecule has 0 saturated heterocycles. The standard InChI is InChI=1S/C21H26F2N2O3/c1-12-10-13(2)15(14(3)11-12)16-17(28-19(27)25(4)5)20(24-18(16)26)6-8-21(22,23)9-7-20/h10-11H,6-9H2,1-5H3,(H,24,26). The second-order valence-corrected chi connectivity index (χ2v) is 8.13. The van der Waals surface area contributed by atoms with Gasteiger partial charge in [0.15, 0.2) is 0 Å². The number of rotatable bonds is 2. The first-order valence-corrected chi connectivity index (χ1v) is 9.38. The Morgan fingerprint density at radius 2 is 1.61 bits per heavy atom. The van der Waals surface area contributed by atoms with Crippen molar-refractivity contribution in [2.45, 2.75) is 57.9 Å². The molecule has 1 spiro atoms. The van der Waals surface area contributed by atoms with Crippen LogP contribution in [0.25, 0.3) is 5.57 Å². The predicted molar refractivity (Wildman–Crippen MR) is 102 cm³/mol. The number of alkyl halides is 2. The van der Waals surface area contributed by atoms with E-state index in [4.69, 9.17) is 4.74 Å². The molecule has 0 atom stereocenters. The number of nitrogens with zero attached hydrogens (tertiary/aromatic N) is 1. The molecule has 0 unspecified atom stereocenters. The molecule has 7 heteroatoms. The fraction of sp³-hybridized carbons (Fsp3) is 0.524. The molecule has 1 aromatic carbocycles. The average Bonchev–Trinajstić information content (AvgIpc) is 2.82. The Morgan fingerprint density at radius 1 is 1.07 bits per heavy atom. The van der Waals surface area contributed by atoms with Crippen molar-refractivity contribution >= 4 is 17.6 Å².